The van der Waals surface area contributed by atoms with Gasteiger partial charge in [-0.1, -0.05) is 109 Å². The van der Waals surface area contributed by atoms with E-state index >= 15 is 0 Å². The number of rotatable bonds is 9. The van der Waals surface area contributed by atoms with Crippen molar-refractivity contribution in [3.05, 3.63) is 60.7 Å². The summed E-state index contributed by atoms with van der Waals surface area (Å²) in [6.45, 7) is 16.4. The molecule has 2 aromatic rings. The van der Waals surface area contributed by atoms with Gasteiger partial charge in [0, 0.05) is 18.4 Å². The van der Waals surface area contributed by atoms with Crippen LogP contribution in [0.1, 0.15) is 61.3 Å². The summed E-state index contributed by atoms with van der Waals surface area (Å²) in [4.78, 5) is 11.6. The molecule has 0 unspecified atom stereocenters. The molecule has 3 nitrogen and oxygen atoms in total. The van der Waals surface area contributed by atoms with Crippen LogP contribution >= 0.6 is 0 Å². The van der Waals surface area contributed by atoms with Crippen molar-refractivity contribution in [2.24, 2.45) is 23.7 Å². The largest absolute Gasteiger partial charge is 0.407 e. The van der Waals surface area contributed by atoms with E-state index in [2.05, 4.69) is 102 Å². The maximum Gasteiger partial charge on any atom is 0.261 e. The predicted molar refractivity (Wildman–Crippen MR) is 144 cm³/mol. The van der Waals surface area contributed by atoms with Gasteiger partial charge in [0.15, 0.2) is 0 Å². The average molecular weight is 481 g/mol. The lowest BCUT2D eigenvalue weighted by molar-refractivity contribution is -0.157. The summed E-state index contributed by atoms with van der Waals surface area (Å²) >= 11 is 0. The van der Waals surface area contributed by atoms with Crippen molar-refractivity contribution in [2.75, 3.05) is 6.61 Å². The second-order valence-corrected chi connectivity index (χ2v) is 15.7. The zero-order chi connectivity index (χ0) is 24.9. The number of ether oxygens (including phenoxy) is 1. The van der Waals surface area contributed by atoms with E-state index in [1.807, 2.05) is 6.92 Å². The summed E-state index contributed by atoms with van der Waals surface area (Å²) in [5, 5.41) is 2.57. The van der Waals surface area contributed by atoms with Gasteiger partial charge >= 0.3 is 0 Å². The van der Waals surface area contributed by atoms with E-state index in [9.17, 15) is 4.79 Å². The Morgan fingerprint density at radius 3 is 1.91 bits per heavy atom. The van der Waals surface area contributed by atoms with Crippen LogP contribution < -0.4 is 10.4 Å². The van der Waals surface area contributed by atoms with Gasteiger partial charge in [0.1, 0.15) is 6.29 Å². The summed E-state index contributed by atoms with van der Waals surface area (Å²) in [7, 11) is -2.58. The minimum absolute atomic E-state index is 0.0133. The fourth-order valence-electron chi connectivity index (χ4n) is 6.04. The second kappa shape index (κ2) is 11.3. The lowest BCUT2D eigenvalue weighted by atomic mass is 9.78. The van der Waals surface area contributed by atoms with Gasteiger partial charge in [0.05, 0.1) is 12.2 Å². The molecule has 4 heteroatoms. The normalized spacial score (nSPS) is 25.5. The van der Waals surface area contributed by atoms with Gasteiger partial charge in [-0.15, -0.1) is 0 Å². The first-order chi connectivity index (χ1) is 16.2. The third-order valence-corrected chi connectivity index (χ3v) is 12.8. The van der Waals surface area contributed by atoms with Crippen LogP contribution in [-0.4, -0.2) is 33.4 Å². The first-order valence-electron chi connectivity index (χ1n) is 13.0. The van der Waals surface area contributed by atoms with E-state index in [1.54, 1.807) is 0 Å². The van der Waals surface area contributed by atoms with Crippen molar-refractivity contribution >= 4 is 25.0 Å². The van der Waals surface area contributed by atoms with Crippen LogP contribution in [0.25, 0.3) is 0 Å². The highest BCUT2D eigenvalue weighted by Gasteiger charge is 2.51. The molecule has 3 rings (SSSR count). The highest BCUT2D eigenvalue weighted by molar-refractivity contribution is 6.99. The third kappa shape index (κ3) is 5.40. The fourth-order valence-corrected chi connectivity index (χ4v) is 10.7. The maximum atomic E-state index is 11.6. The van der Waals surface area contributed by atoms with E-state index in [-0.39, 0.29) is 29.1 Å². The van der Waals surface area contributed by atoms with Gasteiger partial charge in [-0.25, -0.2) is 0 Å². The Morgan fingerprint density at radius 2 is 1.47 bits per heavy atom. The number of hydrogen-bond donors (Lipinski definition) is 0. The van der Waals surface area contributed by atoms with Crippen molar-refractivity contribution < 1.29 is 14.0 Å². The summed E-state index contributed by atoms with van der Waals surface area (Å²) in [6.07, 6.45) is 3.22. The Labute approximate surface area is 208 Å². The van der Waals surface area contributed by atoms with Crippen molar-refractivity contribution in [1.29, 1.82) is 0 Å². The first-order valence-corrected chi connectivity index (χ1v) is 14.9. The van der Waals surface area contributed by atoms with Crippen molar-refractivity contribution in [2.45, 2.75) is 78.6 Å². The molecular weight excluding hydrogens is 436 g/mol. The number of carbonyl (C=O) groups is 1. The average Bonchev–Trinajstić information content (AvgIpc) is 2.82. The molecule has 34 heavy (non-hydrogen) atoms. The highest BCUT2D eigenvalue weighted by Crippen LogP contribution is 2.40. The first kappa shape index (κ1) is 26.8. The van der Waals surface area contributed by atoms with Gasteiger partial charge in [-0.2, -0.15) is 0 Å². The minimum Gasteiger partial charge on any atom is -0.407 e. The van der Waals surface area contributed by atoms with Crippen molar-refractivity contribution in [3.8, 4) is 0 Å². The van der Waals surface area contributed by atoms with Gasteiger partial charge in [-0.3, -0.25) is 0 Å². The summed E-state index contributed by atoms with van der Waals surface area (Å²) in [6, 6.07) is 21.7. The van der Waals surface area contributed by atoms with E-state index in [0.717, 1.165) is 19.1 Å². The summed E-state index contributed by atoms with van der Waals surface area (Å²) in [5.74, 6) is 1.03. The Kier molecular flexibility index (Phi) is 8.94. The van der Waals surface area contributed by atoms with Crippen LogP contribution in [0.5, 0.6) is 0 Å². The smallest absolute Gasteiger partial charge is 0.261 e. The maximum absolute atomic E-state index is 11.6. The van der Waals surface area contributed by atoms with Crippen LogP contribution in [0, 0.1) is 23.7 Å². The number of benzene rings is 2. The molecule has 0 radical (unpaired) electrons. The number of aldehydes is 1. The number of carbonyl (C=O) groups excluding carboxylic acids is 1. The predicted octanol–water partition coefficient (Wildman–Crippen LogP) is 5.85. The Morgan fingerprint density at radius 1 is 0.971 bits per heavy atom. The lowest BCUT2D eigenvalue weighted by Gasteiger charge is -2.46. The molecule has 186 valence electrons. The summed E-state index contributed by atoms with van der Waals surface area (Å²) in [5.41, 5.74) is 0. The van der Waals surface area contributed by atoms with Crippen LogP contribution in [0.15, 0.2) is 60.7 Å². The molecule has 1 aliphatic heterocycles. The third-order valence-electron chi connectivity index (χ3n) is 7.83. The number of hydrogen-bond acceptors (Lipinski definition) is 3. The Hall–Kier alpha value is -1.75. The Bertz CT molecular complexity index is 853. The van der Waals surface area contributed by atoms with E-state index < -0.39 is 8.32 Å². The molecule has 6 atom stereocenters. The molecule has 2 aromatic carbocycles. The van der Waals surface area contributed by atoms with E-state index in [4.69, 9.17) is 9.16 Å². The minimum atomic E-state index is -2.58. The molecule has 0 aromatic heterocycles. The standard InChI is InChI=1S/C30H44O3Si/c1-8-25(29-23(3)19-22(2)28(33-29)24(4)20-31)21-32-34(30(5,6)7,26-15-11-9-12-16-26)27-17-13-10-14-18-27/h9-18,20,22-25,28-29H,8,19,21H2,1-7H3/t22-,23-,24-,25-,28+,29+/m0/s1. The van der Waals surface area contributed by atoms with Crippen molar-refractivity contribution in [1.82, 2.24) is 0 Å². The van der Waals surface area contributed by atoms with Crippen molar-refractivity contribution in [3.63, 3.8) is 0 Å². The van der Waals surface area contributed by atoms with Gasteiger partial charge in [0.2, 0.25) is 0 Å². The zero-order valence-corrected chi connectivity index (χ0v) is 23.2. The quantitative estimate of drug-likeness (QED) is 0.333. The van der Waals surface area contributed by atoms with Crippen LogP contribution in [0.3, 0.4) is 0 Å². The molecule has 0 N–H and O–H groups in total. The van der Waals surface area contributed by atoms with Gasteiger partial charge < -0.3 is 14.0 Å². The highest BCUT2D eigenvalue weighted by atomic mass is 28.4. The molecule has 1 heterocycles. The summed E-state index contributed by atoms with van der Waals surface area (Å²) < 4.78 is 13.9. The SMILES string of the molecule is CC[C@@H](CO[Si](c1ccccc1)(c1ccccc1)C(C)(C)C)[C@@H]1O[C@@H]([C@@H](C)C=O)[C@@H](C)C[C@@H]1C. The topological polar surface area (TPSA) is 35.5 Å². The van der Waals surface area contributed by atoms with Crippen LogP contribution in [0.2, 0.25) is 5.04 Å². The molecule has 0 spiro atoms. The van der Waals surface area contributed by atoms with E-state index in [1.165, 1.54) is 10.4 Å². The molecular formula is C30H44O3Si. The Balaban J connectivity index is 1.96. The van der Waals surface area contributed by atoms with Gasteiger partial charge in [0.25, 0.3) is 8.32 Å². The van der Waals surface area contributed by atoms with E-state index in [0.29, 0.717) is 18.4 Å². The van der Waals surface area contributed by atoms with Gasteiger partial charge in [-0.05, 0) is 40.1 Å². The molecule has 1 aliphatic rings. The molecule has 0 saturated carbocycles. The molecule has 0 aliphatic carbocycles. The fraction of sp³-hybridized carbons (Fsp3) is 0.567. The monoisotopic (exact) mass is 480 g/mol. The zero-order valence-electron chi connectivity index (χ0n) is 22.2. The van der Waals surface area contributed by atoms with Crippen LogP contribution in [-0.2, 0) is 14.0 Å². The lowest BCUT2D eigenvalue weighted by Crippen LogP contribution is -2.67. The second-order valence-electron chi connectivity index (χ2n) is 11.4. The molecule has 0 bridgehead atoms. The molecule has 0 amide bonds. The molecule has 1 fully saturated rings. The molecule has 1 saturated heterocycles. The van der Waals surface area contributed by atoms with Crippen LogP contribution in [0.4, 0.5) is 0 Å².